The average molecular weight is 278 g/mol. The molecule has 20 heavy (non-hydrogen) atoms. The van der Waals surface area contributed by atoms with Crippen LogP contribution in [0.25, 0.3) is 0 Å². The summed E-state index contributed by atoms with van der Waals surface area (Å²) in [7, 11) is 1.94. The number of nitrogens with zero attached hydrogens (tertiary/aromatic N) is 3. The lowest BCUT2D eigenvalue weighted by molar-refractivity contribution is -0.384. The van der Waals surface area contributed by atoms with Crippen molar-refractivity contribution in [1.29, 1.82) is 0 Å². The molecule has 2 N–H and O–H groups in total. The molecule has 1 fully saturated rings. The number of nitrogens with two attached hydrogens (primary N) is 1. The highest BCUT2D eigenvalue weighted by atomic mass is 16.6. The van der Waals surface area contributed by atoms with Crippen molar-refractivity contribution in [3.63, 3.8) is 0 Å². The van der Waals surface area contributed by atoms with Gasteiger partial charge in [-0.1, -0.05) is 13.8 Å². The molecule has 0 unspecified atom stereocenters. The topological polar surface area (TPSA) is 85.3 Å². The lowest BCUT2D eigenvalue weighted by Gasteiger charge is -2.39. The zero-order chi connectivity index (χ0) is 14.9. The summed E-state index contributed by atoms with van der Waals surface area (Å²) in [5.74, 6) is 0.776. The first-order chi connectivity index (χ1) is 9.28. The van der Waals surface area contributed by atoms with Crippen LogP contribution in [0.3, 0.4) is 0 Å². The second-order valence-corrected chi connectivity index (χ2v) is 6.37. The van der Waals surface area contributed by atoms with Crippen molar-refractivity contribution in [2.24, 2.45) is 5.41 Å². The minimum Gasteiger partial charge on any atom is -0.383 e. The predicted octanol–water partition coefficient (Wildman–Crippen LogP) is 2.98. The molecule has 6 nitrogen and oxygen atoms in total. The van der Waals surface area contributed by atoms with Crippen molar-refractivity contribution in [2.45, 2.75) is 45.6 Å². The number of pyridine rings is 1. The Kier molecular flexibility index (Phi) is 3.83. The predicted molar refractivity (Wildman–Crippen MR) is 79.7 cm³/mol. The lowest BCUT2D eigenvalue weighted by atomic mass is 9.75. The summed E-state index contributed by atoms with van der Waals surface area (Å²) in [6.45, 7) is 4.57. The van der Waals surface area contributed by atoms with Crippen LogP contribution < -0.4 is 10.6 Å². The third-order valence-electron chi connectivity index (χ3n) is 4.24. The summed E-state index contributed by atoms with van der Waals surface area (Å²) in [5, 5.41) is 10.9. The Bertz CT molecular complexity index is 506. The highest BCUT2D eigenvalue weighted by Crippen LogP contribution is 2.37. The third kappa shape index (κ3) is 3.18. The van der Waals surface area contributed by atoms with Gasteiger partial charge < -0.3 is 10.6 Å². The molecule has 1 aliphatic carbocycles. The van der Waals surface area contributed by atoms with E-state index >= 15 is 0 Å². The Hall–Kier alpha value is -1.85. The van der Waals surface area contributed by atoms with E-state index in [2.05, 4.69) is 18.8 Å². The van der Waals surface area contributed by atoms with Crippen LogP contribution >= 0.6 is 0 Å². The van der Waals surface area contributed by atoms with Gasteiger partial charge >= 0.3 is 0 Å². The van der Waals surface area contributed by atoms with Gasteiger partial charge in [-0.2, -0.15) is 0 Å². The molecule has 1 aliphatic rings. The van der Waals surface area contributed by atoms with Crippen molar-refractivity contribution >= 4 is 17.3 Å². The fourth-order valence-corrected chi connectivity index (χ4v) is 2.77. The average Bonchev–Trinajstić information content (AvgIpc) is 2.37. The maximum Gasteiger partial charge on any atom is 0.276 e. The highest BCUT2D eigenvalue weighted by Gasteiger charge is 2.29. The maximum atomic E-state index is 10.9. The first kappa shape index (κ1) is 14.6. The summed E-state index contributed by atoms with van der Waals surface area (Å²) in [5.41, 5.74) is 6.06. The zero-order valence-corrected chi connectivity index (χ0v) is 12.3. The van der Waals surface area contributed by atoms with Crippen LogP contribution in [0.4, 0.5) is 17.3 Å². The smallest absolute Gasteiger partial charge is 0.276 e. The SMILES string of the molecule is CN(c1cc([N+](=O)[O-])cc(N)n1)C1CCC(C)(C)CC1. The number of anilines is 2. The zero-order valence-electron chi connectivity index (χ0n) is 12.3. The summed E-state index contributed by atoms with van der Waals surface area (Å²) < 4.78 is 0. The molecular weight excluding hydrogens is 256 g/mol. The van der Waals surface area contributed by atoms with Gasteiger partial charge in [0.1, 0.15) is 11.6 Å². The van der Waals surface area contributed by atoms with Gasteiger partial charge in [0.05, 0.1) is 17.1 Å². The molecule has 110 valence electrons. The summed E-state index contributed by atoms with van der Waals surface area (Å²) in [6.07, 6.45) is 4.47. The first-order valence-corrected chi connectivity index (χ1v) is 6.93. The Morgan fingerprint density at radius 3 is 2.55 bits per heavy atom. The summed E-state index contributed by atoms with van der Waals surface area (Å²) in [6, 6.07) is 3.16. The van der Waals surface area contributed by atoms with Crippen molar-refractivity contribution in [3.05, 3.63) is 22.2 Å². The number of rotatable bonds is 3. The molecule has 0 saturated heterocycles. The Morgan fingerprint density at radius 1 is 1.40 bits per heavy atom. The van der Waals surface area contributed by atoms with Gasteiger partial charge in [0.2, 0.25) is 0 Å². The largest absolute Gasteiger partial charge is 0.383 e. The Morgan fingerprint density at radius 2 is 2.00 bits per heavy atom. The molecule has 1 aromatic rings. The van der Waals surface area contributed by atoms with E-state index in [0.29, 0.717) is 17.3 Å². The van der Waals surface area contributed by atoms with Crippen LogP contribution in [0.5, 0.6) is 0 Å². The number of nitrogen functional groups attached to an aromatic ring is 1. The van der Waals surface area contributed by atoms with Gasteiger partial charge in [0, 0.05) is 13.1 Å². The molecule has 0 atom stereocenters. The standard InChI is InChI=1S/C14H22N4O2/c1-14(2)6-4-10(5-7-14)17(3)13-9-11(18(19)20)8-12(15)16-13/h8-10H,4-7H2,1-3H3,(H2,15,16). The molecular formula is C14H22N4O2. The van der Waals surface area contributed by atoms with Crippen LogP contribution in [0.2, 0.25) is 0 Å². The van der Waals surface area contributed by atoms with Crippen LogP contribution in [-0.4, -0.2) is 23.0 Å². The molecule has 0 bridgehead atoms. The Balaban J connectivity index is 2.17. The maximum absolute atomic E-state index is 10.9. The molecule has 0 radical (unpaired) electrons. The van der Waals surface area contributed by atoms with E-state index in [9.17, 15) is 10.1 Å². The fourth-order valence-electron chi connectivity index (χ4n) is 2.77. The quantitative estimate of drug-likeness (QED) is 0.678. The number of hydrogen-bond acceptors (Lipinski definition) is 5. The Labute approximate surface area is 119 Å². The van der Waals surface area contributed by atoms with Gasteiger partial charge in [-0.3, -0.25) is 10.1 Å². The number of hydrogen-bond donors (Lipinski definition) is 1. The molecule has 1 saturated carbocycles. The minimum atomic E-state index is -0.431. The van der Waals surface area contributed by atoms with E-state index in [0.717, 1.165) is 25.7 Å². The lowest BCUT2D eigenvalue weighted by Crippen LogP contribution is -2.37. The van der Waals surface area contributed by atoms with E-state index in [4.69, 9.17) is 5.73 Å². The normalized spacial score (nSPS) is 18.8. The van der Waals surface area contributed by atoms with Gasteiger partial charge in [0.25, 0.3) is 5.69 Å². The molecule has 6 heteroatoms. The van der Waals surface area contributed by atoms with Crippen molar-refractivity contribution in [1.82, 2.24) is 4.98 Å². The van der Waals surface area contributed by atoms with Crippen molar-refractivity contribution < 1.29 is 4.92 Å². The van der Waals surface area contributed by atoms with Gasteiger partial charge in [0.15, 0.2) is 0 Å². The number of aromatic nitrogens is 1. The summed E-state index contributed by atoms with van der Waals surface area (Å²) >= 11 is 0. The van der Waals surface area contributed by atoms with E-state index < -0.39 is 4.92 Å². The first-order valence-electron chi connectivity index (χ1n) is 6.93. The van der Waals surface area contributed by atoms with Crippen molar-refractivity contribution in [3.8, 4) is 0 Å². The molecule has 0 aromatic carbocycles. The van der Waals surface area contributed by atoms with Crippen molar-refractivity contribution in [2.75, 3.05) is 17.7 Å². The van der Waals surface area contributed by atoms with E-state index in [-0.39, 0.29) is 11.5 Å². The fraction of sp³-hybridized carbons (Fsp3) is 0.643. The minimum absolute atomic E-state index is 0.00418. The van der Waals surface area contributed by atoms with E-state index in [1.807, 2.05) is 11.9 Å². The molecule has 2 rings (SSSR count). The van der Waals surface area contributed by atoms with Crippen LogP contribution in [0, 0.1) is 15.5 Å². The van der Waals surface area contributed by atoms with E-state index in [1.165, 1.54) is 12.1 Å². The summed E-state index contributed by atoms with van der Waals surface area (Å²) in [4.78, 5) is 16.7. The third-order valence-corrected chi connectivity index (χ3v) is 4.24. The number of nitro groups is 1. The highest BCUT2D eigenvalue weighted by molar-refractivity contribution is 5.54. The molecule has 0 aliphatic heterocycles. The van der Waals surface area contributed by atoms with E-state index in [1.54, 1.807) is 0 Å². The molecule has 1 heterocycles. The molecule has 0 spiro atoms. The second-order valence-electron chi connectivity index (χ2n) is 6.37. The van der Waals surface area contributed by atoms with Crippen LogP contribution in [0.1, 0.15) is 39.5 Å². The molecule has 0 amide bonds. The van der Waals surface area contributed by atoms with Crippen LogP contribution in [0.15, 0.2) is 12.1 Å². The molecule has 1 aromatic heterocycles. The van der Waals surface area contributed by atoms with Gasteiger partial charge in [-0.25, -0.2) is 4.98 Å². The second kappa shape index (κ2) is 5.26. The van der Waals surface area contributed by atoms with Gasteiger partial charge in [-0.05, 0) is 31.1 Å². The monoisotopic (exact) mass is 278 g/mol. The van der Waals surface area contributed by atoms with Crippen LogP contribution in [-0.2, 0) is 0 Å². The van der Waals surface area contributed by atoms with Gasteiger partial charge in [-0.15, -0.1) is 0 Å².